The highest BCUT2D eigenvalue weighted by atomic mass is 32.1. The summed E-state index contributed by atoms with van der Waals surface area (Å²) in [7, 11) is 0. The minimum Gasteiger partial charge on any atom is -0.292 e. The van der Waals surface area contributed by atoms with E-state index >= 15 is 0 Å². The van der Waals surface area contributed by atoms with E-state index in [2.05, 4.69) is 85.3 Å². The molecule has 0 aliphatic heterocycles. The Morgan fingerprint density at radius 3 is 2.26 bits per heavy atom. The van der Waals surface area contributed by atoms with Crippen LogP contribution in [0.3, 0.4) is 0 Å². The van der Waals surface area contributed by atoms with Crippen molar-refractivity contribution in [1.82, 2.24) is 9.55 Å². The Balaban J connectivity index is 1.47. The highest BCUT2D eigenvalue weighted by molar-refractivity contribution is 7.17. The predicted octanol–water partition coefficient (Wildman–Crippen LogP) is 9.18. The Morgan fingerprint density at radius 2 is 1.54 bits per heavy atom. The third-order valence-electron chi connectivity index (χ3n) is 6.58. The van der Waals surface area contributed by atoms with Crippen LogP contribution in [-0.2, 0) is 5.41 Å². The van der Waals surface area contributed by atoms with Crippen molar-refractivity contribution in [2.75, 3.05) is 0 Å². The van der Waals surface area contributed by atoms with Gasteiger partial charge in [0.05, 0.1) is 11.0 Å². The maximum atomic E-state index is 7.89. The second kappa shape index (κ2) is 8.21. The number of nitrogens with zero attached hydrogens (tertiary/aromatic N) is 2. The van der Waals surface area contributed by atoms with Gasteiger partial charge in [-0.2, -0.15) is 0 Å². The lowest BCUT2D eigenvalue weighted by molar-refractivity contribution is 0.590. The molecule has 0 aliphatic rings. The van der Waals surface area contributed by atoms with E-state index < -0.39 is 6.85 Å². The van der Waals surface area contributed by atoms with Crippen molar-refractivity contribution in [2.45, 2.75) is 33.0 Å². The molecule has 0 saturated heterocycles. The van der Waals surface area contributed by atoms with Crippen molar-refractivity contribution in [2.24, 2.45) is 0 Å². The molecular formula is C32H28N2S. The van der Waals surface area contributed by atoms with E-state index in [1.165, 1.54) is 11.1 Å². The van der Waals surface area contributed by atoms with E-state index in [1.807, 2.05) is 24.3 Å². The first-order valence-corrected chi connectivity index (χ1v) is 12.7. The molecular weight excluding hydrogens is 444 g/mol. The van der Waals surface area contributed by atoms with Crippen molar-refractivity contribution in [3.63, 3.8) is 0 Å². The largest absolute Gasteiger partial charge is 0.292 e. The van der Waals surface area contributed by atoms with Crippen LogP contribution in [0.4, 0.5) is 0 Å². The Bertz CT molecular complexity index is 1770. The van der Waals surface area contributed by atoms with E-state index in [4.69, 9.17) is 9.10 Å². The summed E-state index contributed by atoms with van der Waals surface area (Å²) in [5.74, 6) is 0.808. The van der Waals surface area contributed by atoms with Crippen molar-refractivity contribution in [3.8, 4) is 28.2 Å². The molecule has 0 fully saturated rings. The third kappa shape index (κ3) is 3.86. The van der Waals surface area contributed by atoms with Gasteiger partial charge in [-0.3, -0.25) is 4.57 Å². The van der Waals surface area contributed by atoms with Gasteiger partial charge >= 0.3 is 0 Å². The minimum atomic E-state index is -2.16. The molecule has 0 spiro atoms. The average molecular weight is 476 g/mol. The van der Waals surface area contributed by atoms with Crippen LogP contribution in [0.25, 0.3) is 49.3 Å². The van der Waals surface area contributed by atoms with Crippen LogP contribution in [0.15, 0.2) is 96.4 Å². The highest BCUT2D eigenvalue weighted by Gasteiger charge is 2.18. The van der Waals surface area contributed by atoms with Gasteiger partial charge in [0.2, 0.25) is 0 Å². The predicted molar refractivity (Wildman–Crippen MR) is 151 cm³/mol. The molecule has 2 aromatic heterocycles. The molecule has 2 heterocycles. The van der Waals surface area contributed by atoms with Crippen LogP contribution in [0.2, 0.25) is 0 Å². The summed E-state index contributed by atoms with van der Waals surface area (Å²) in [5.41, 5.74) is 7.98. The molecule has 6 rings (SSSR count). The van der Waals surface area contributed by atoms with Crippen LogP contribution in [0.1, 0.15) is 36.0 Å². The molecule has 0 saturated carbocycles. The van der Waals surface area contributed by atoms with E-state index in [-0.39, 0.29) is 5.41 Å². The fraction of sp³-hybridized carbons (Fsp3) is 0.156. The fourth-order valence-electron chi connectivity index (χ4n) is 4.64. The zero-order valence-electron chi connectivity index (χ0n) is 23.0. The lowest BCUT2D eigenvalue weighted by atomic mass is 9.86. The standard InChI is InChI=1S/C32H28N2S/c1-21-9-18-30-26(19-21)27(20-35-30)31-33-28-7-5-6-8-29(28)34(31)25-16-12-23(13-17-25)22-10-14-24(15-11-22)32(2,3)4/h5-20H,1-4H3/i1D3. The van der Waals surface area contributed by atoms with Crippen molar-refractivity contribution < 1.29 is 4.11 Å². The number of aromatic nitrogens is 2. The number of hydrogen-bond acceptors (Lipinski definition) is 2. The zero-order valence-corrected chi connectivity index (χ0v) is 20.9. The number of para-hydroxylation sites is 2. The average Bonchev–Trinajstić information content (AvgIpc) is 3.49. The summed E-state index contributed by atoms with van der Waals surface area (Å²) in [6.45, 7) is 4.52. The number of hydrogen-bond donors (Lipinski definition) is 0. The summed E-state index contributed by atoms with van der Waals surface area (Å²) in [4.78, 5) is 5.02. The SMILES string of the molecule is [2H]C([2H])([2H])c1ccc2scc(-c3nc4ccccc4n3-c3ccc(-c4ccc(C(C)(C)C)cc4)cc3)c2c1. The first kappa shape index (κ1) is 18.6. The van der Waals surface area contributed by atoms with Gasteiger partial charge in [0.1, 0.15) is 5.82 Å². The van der Waals surface area contributed by atoms with E-state index in [1.54, 1.807) is 23.5 Å². The maximum absolute atomic E-state index is 7.89. The van der Waals surface area contributed by atoms with Crippen LogP contribution in [-0.4, -0.2) is 9.55 Å². The molecule has 0 aliphatic carbocycles. The van der Waals surface area contributed by atoms with Gasteiger partial charge in [0.25, 0.3) is 0 Å². The van der Waals surface area contributed by atoms with E-state index in [0.29, 0.717) is 5.56 Å². The summed E-state index contributed by atoms with van der Waals surface area (Å²) >= 11 is 1.61. The topological polar surface area (TPSA) is 17.8 Å². The summed E-state index contributed by atoms with van der Waals surface area (Å²) in [5, 5.41) is 2.99. The molecule has 35 heavy (non-hydrogen) atoms. The molecule has 3 heteroatoms. The lowest BCUT2D eigenvalue weighted by Gasteiger charge is -2.19. The Morgan fingerprint density at radius 1 is 0.829 bits per heavy atom. The van der Waals surface area contributed by atoms with E-state index in [0.717, 1.165) is 43.8 Å². The molecule has 0 unspecified atom stereocenters. The number of fused-ring (bicyclic) bond motifs is 2. The van der Waals surface area contributed by atoms with Gasteiger partial charge in [-0.05, 0) is 65.4 Å². The molecule has 0 amide bonds. The Hall–Kier alpha value is -3.69. The smallest absolute Gasteiger partial charge is 0.147 e. The monoisotopic (exact) mass is 475 g/mol. The summed E-state index contributed by atoms with van der Waals surface area (Å²) < 4.78 is 26.9. The second-order valence-electron chi connectivity index (χ2n) is 9.99. The number of benzene rings is 4. The zero-order chi connectivity index (χ0) is 26.7. The van der Waals surface area contributed by atoms with Gasteiger partial charge in [0, 0.05) is 30.8 Å². The lowest BCUT2D eigenvalue weighted by Crippen LogP contribution is -2.10. The summed E-state index contributed by atoms with van der Waals surface area (Å²) in [6, 6.07) is 30.9. The molecule has 2 nitrogen and oxygen atoms in total. The van der Waals surface area contributed by atoms with Crippen LogP contribution in [0, 0.1) is 6.85 Å². The second-order valence-corrected chi connectivity index (χ2v) is 10.9. The normalized spacial score (nSPS) is 13.6. The molecule has 0 bridgehead atoms. The van der Waals surface area contributed by atoms with Gasteiger partial charge in [-0.25, -0.2) is 4.98 Å². The Labute approximate surface area is 214 Å². The molecule has 6 aromatic rings. The van der Waals surface area contributed by atoms with Crippen molar-refractivity contribution in [3.05, 3.63) is 108 Å². The van der Waals surface area contributed by atoms with Gasteiger partial charge in [-0.15, -0.1) is 11.3 Å². The summed E-state index contributed by atoms with van der Waals surface area (Å²) in [6.07, 6.45) is 0. The number of imidazole rings is 1. The molecule has 0 atom stereocenters. The van der Waals surface area contributed by atoms with Crippen molar-refractivity contribution >= 4 is 32.5 Å². The quantitative estimate of drug-likeness (QED) is 0.249. The fourth-order valence-corrected chi connectivity index (χ4v) is 5.56. The van der Waals surface area contributed by atoms with Gasteiger partial charge < -0.3 is 0 Å². The van der Waals surface area contributed by atoms with Gasteiger partial charge in [-0.1, -0.05) is 80.9 Å². The molecule has 172 valence electrons. The first-order chi connectivity index (χ1) is 18.1. The number of aryl methyl sites for hydroxylation is 1. The van der Waals surface area contributed by atoms with Crippen molar-refractivity contribution in [1.29, 1.82) is 0 Å². The van der Waals surface area contributed by atoms with Gasteiger partial charge in [0.15, 0.2) is 0 Å². The van der Waals surface area contributed by atoms with E-state index in [9.17, 15) is 0 Å². The van der Waals surface area contributed by atoms with Crippen LogP contribution >= 0.6 is 11.3 Å². The Kier molecular flexibility index (Phi) is 4.37. The maximum Gasteiger partial charge on any atom is 0.147 e. The number of thiophene rings is 1. The van der Waals surface area contributed by atoms with Crippen LogP contribution in [0.5, 0.6) is 0 Å². The third-order valence-corrected chi connectivity index (χ3v) is 7.55. The number of rotatable bonds is 3. The first-order valence-electron chi connectivity index (χ1n) is 13.3. The highest BCUT2D eigenvalue weighted by Crippen LogP contribution is 2.37. The van der Waals surface area contributed by atoms with Crippen LogP contribution < -0.4 is 0 Å². The molecule has 4 aromatic carbocycles. The molecule has 0 radical (unpaired) electrons. The minimum absolute atomic E-state index is 0.122. The molecule has 0 N–H and O–H groups in total.